The number of aliphatic hydroxyl groups is 1. The monoisotopic (exact) mass is 436 g/mol. The van der Waals surface area contributed by atoms with E-state index in [2.05, 4.69) is 15.7 Å². The van der Waals surface area contributed by atoms with Crippen molar-refractivity contribution in [2.24, 2.45) is 0 Å². The maximum absolute atomic E-state index is 12.4. The van der Waals surface area contributed by atoms with Crippen LogP contribution in [0.3, 0.4) is 0 Å². The number of nitrogens with zero attached hydrogens (tertiary/aromatic N) is 2. The van der Waals surface area contributed by atoms with Crippen molar-refractivity contribution in [3.63, 3.8) is 0 Å². The molecule has 1 heterocycles. The predicted octanol–water partition coefficient (Wildman–Crippen LogP) is 2.25. The molecule has 2 amide bonds. The van der Waals surface area contributed by atoms with Crippen LogP contribution in [0, 0.1) is 0 Å². The third-order valence-electron chi connectivity index (χ3n) is 4.47. The maximum Gasteiger partial charge on any atom is 0.411 e. The second kappa shape index (κ2) is 10.9. The van der Waals surface area contributed by atoms with Gasteiger partial charge in [-0.05, 0) is 42.8 Å². The number of aliphatic hydroxyl groups excluding tert-OH is 1. The van der Waals surface area contributed by atoms with E-state index in [4.69, 9.17) is 9.84 Å². The van der Waals surface area contributed by atoms with Gasteiger partial charge in [0.1, 0.15) is 0 Å². The molecule has 3 N–H and O–H groups in total. The highest BCUT2D eigenvalue weighted by molar-refractivity contribution is 5.95. The largest absolute Gasteiger partial charge is 0.450 e. The highest BCUT2D eigenvalue weighted by Crippen LogP contribution is 2.18. The molecule has 1 aromatic heterocycles. The summed E-state index contributed by atoms with van der Waals surface area (Å²) >= 11 is 0. The lowest BCUT2D eigenvalue weighted by molar-refractivity contribution is 0.0944. The van der Waals surface area contributed by atoms with Crippen LogP contribution in [0.4, 0.5) is 10.5 Å². The smallest absolute Gasteiger partial charge is 0.411 e. The van der Waals surface area contributed by atoms with Crippen molar-refractivity contribution in [3.05, 3.63) is 82.1 Å². The Balaban J connectivity index is 1.82. The number of aromatic nitrogens is 2. The minimum Gasteiger partial charge on any atom is -0.450 e. The molecule has 0 bridgehead atoms. The van der Waals surface area contributed by atoms with Crippen molar-refractivity contribution >= 4 is 17.7 Å². The van der Waals surface area contributed by atoms with Gasteiger partial charge in [-0.3, -0.25) is 14.9 Å². The van der Waals surface area contributed by atoms with Gasteiger partial charge in [0.25, 0.3) is 11.5 Å². The molecule has 0 aliphatic rings. The van der Waals surface area contributed by atoms with Crippen LogP contribution in [0.5, 0.6) is 0 Å². The van der Waals surface area contributed by atoms with Gasteiger partial charge in [0, 0.05) is 29.4 Å². The van der Waals surface area contributed by atoms with E-state index < -0.39 is 6.09 Å². The van der Waals surface area contributed by atoms with Gasteiger partial charge in [-0.2, -0.15) is 5.10 Å². The van der Waals surface area contributed by atoms with Crippen LogP contribution in [0.1, 0.15) is 22.8 Å². The summed E-state index contributed by atoms with van der Waals surface area (Å²) in [5.41, 5.74) is 2.66. The molecule has 166 valence electrons. The minimum atomic E-state index is -0.551. The number of hydrogen-bond donors (Lipinski definition) is 3. The summed E-state index contributed by atoms with van der Waals surface area (Å²) in [7, 11) is 0. The first-order valence-electron chi connectivity index (χ1n) is 10.1. The molecule has 0 unspecified atom stereocenters. The van der Waals surface area contributed by atoms with Crippen LogP contribution in [0.15, 0.2) is 65.5 Å². The van der Waals surface area contributed by atoms with E-state index in [-0.39, 0.29) is 37.8 Å². The molecule has 0 saturated heterocycles. The standard InChI is InChI=1S/C23H24N4O5/c1-2-32-23(31)25-19-8-3-5-16(13-19)15-27-21(29)10-9-20(26-27)17-6-4-7-18(14-17)22(30)24-11-12-28/h3-10,13-14,28H,2,11-12,15H2,1H3,(H,24,30)(H,25,31). The van der Waals surface area contributed by atoms with Crippen molar-refractivity contribution < 1.29 is 19.4 Å². The van der Waals surface area contributed by atoms with Gasteiger partial charge in [0.05, 0.1) is 25.5 Å². The number of hydrogen-bond acceptors (Lipinski definition) is 6. The van der Waals surface area contributed by atoms with E-state index in [1.165, 1.54) is 10.7 Å². The molecule has 2 aromatic carbocycles. The molecule has 3 rings (SSSR count). The van der Waals surface area contributed by atoms with Crippen molar-refractivity contribution in [3.8, 4) is 11.3 Å². The molecule has 32 heavy (non-hydrogen) atoms. The van der Waals surface area contributed by atoms with Crippen LogP contribution < -0.4 is 16.2 Å². The van der Waals surface area contributed by atoms with E-state index >= 15 is 0 Å². The number of ether oxygens (including phenoxy) is 1. The molecule has 0 saturated carbocycles. The van der Waals surface area contributed by atoms with E-state index in [9.17, 15) is 14.4 Å². The lowest BCUT2D eigenvalue weighted by Gasteiger charge is -2.10. The van der Waals surface area contributed by atoms with Crippen LogP contribution in [-0.2, 0) is 11.3 Å². The SMILES string of the molecule is CCOC(=O)Nc1cccc(Cn2nc(-c3cccc(C(=O)NCCO)c3)ccc2=O)c1. The Morgan fingerprint density at radius 2 is 1.91 bits per heavy atom. The van der Waals surface area contributed by atoms with Crippen molar-refractivity contribution in [2.75, 3.05) is 25.1 Å². The summed E-state index contributed by atoms with van der Waals surface area (Å²) < 4.78 is 6.19. The van der Waals surface area contributed by atoms with Gasteiger partial charge in [-0.1, -0.05) is 24.3 Å². The van der Waals surface area contributed by atoms with Gasteiger partial charge in [-0.25, -0.2) is 9.48 Å². The quantitative estimate of drug-likeness (QED) is 0.498. The summed E-state index contributed by atoms with van der Waals surface area (Å²) in [4.78, 5) is 36.2. The number of anilines is 1. The highest BCUT2D eigenvalue weighted by atomic mass is 16.5. The second-order valence-corrected chi connectivity index (χ2v) is 6.82. The van der Waals surface area contributed by atoms with Gasteiger partial charge < -0.3 is 15.2 Å². The van der Waals surface area contributed by atoms with Crippen molar-refractivity contribution in [1.82, 2.24) is 15.1 Å². The van der Waals surface area contributed by atoms with Gasteiger partial charge in [0.15, 0.2) is 0 Å². The Morgan fingerprint density at radius 1 is 1.09 bits per heavy atom. The van der Waals surface area contributed by atoms with Gasteiger partial charge in [-0.15, -0.1) is 0 Å². The van der Waals surface area contributed by atoms with Crippen LogP contribution in [-0.4, -0.2) is 46.6 Å². The molecule has 0 aliphatic carbocycles. The molecule has 0 fully saturated rings. The van der Waals surface area contributed by atoms with Gasteiger partial charge in [0.2, 0.25) is 0 Å². The Hall–Kier alpha value is -3.98. The Bertz CT molecular complexity index is 1160. The molecular formula is C23H24N4O5. The summed E-state index contributed by atoms with van der Waals surface area (Å²) in [5.74, 6) is -0.305. The molecule has 9 heteroatoms. The molecule has 0 atom stereocenters. The molecule has 0 aliphatic heterocycles. The normalized spacial score (nSPS) is 10.4. The number of rotatable bonds is 8. The van der Waals surface area contributed by atoms with Crippen LogP contribution in [0.25, 0.3) is 11.3 Å². The summed E-state index contributed by atoms with van der Waals surface area (Å²) in [6.45, 7) is 2.20. The second-order valence-electron chi connectivity index (χ2n) is 6.82. The molecular weight excluding hydrogens is 412 g/mol. The van der Waals surface area contributed by atoms with E-state index in [1.807, 2.05) is 6.07 Å². The van der Waals surface area contributed by atoms with E-state index in [0.717, 1.165) is 5.56 Å². The molecule has 0 radical (unpaired) electrons. The Kier molecular flexibility index (Phi) is 7.71. The predicted molar refractivity (Wildman–Crippen MR) is 120 cm³/mol. The van der Waals surface area contributed by atoms with Crippen molar-refractivity contribution in [1.29, 1.82) is 0 Å². The zero-order chi connectivity index (χ0) is 22.9. The van der Waals surface area contributed by atoms with E-state index in [1.54, 1.807) is 55.5 Å². The topological polar surface area (TPSA) is 123 Å². The summed E-state index contributed by atoms with van der Waals surface area (Å²) in [6, 6.07) is 16.9. The minimum absolute atomic E-state index is 0.144. The van der Waals surface area contributed by atoms with Crippen LogP contribution in [0.2, 0.25) is 0 Å². The highest BCUT2D eigenvalue weighted by Gasteiger charge is 2.10. The van der Waals surface area contributed by atoms with Crippen LogP contribution >= 0.6 is 0 Å². The number of benzene rings is 2. The number of amides is 2. The first-order valence-corrected chi connectivity index (χ1v) is 10.1. The molecule has 3 aromatic rings. The third kappa shape index (κ3) is 6.02. The lowest BCUT2D eigenvalue weighted by atomic mass is 10.1. The van der Waals surface area contributed by atoms with Crippen molar-refractivity contribution in [2.45, 2.75) is 13.5 Å². The number of nitrogens with one attached hydrogen (secondary N) is 2. The zero-order valence-corrected chi connectivity index (χ0v) is 17.6. The number of carbonyl (C=O) groups excluding carboxylic acids is 2. The fourth-order valence-corrected chi connectivity index (χ4v) is 3.01. The first kappa shape index (κ1) is 22.7. The fourth-order valence-electron chi connectivity index (χ4n) is 3.01. The molecule has 9 nitrogen and oxygen atoms in total. The third-order valence-corrected chi connectivity index (χ3v) is 4.47. The number of carbonyl (C=O) groups is 2. The Morgan fingerprint density at radius 3 is 2.69 bits per heavy atom. The zero-order valence-electron chi connectivity index (χ0n) is 17.6. The fraction of sp³-hybridized carbons (Fsp3) is 0.217. The summed E-state index contributed by atoms with van der Waals surface area (Å²) in [5, 5.41) is 18.5. The Labute approximate surface area is 184 Å². The average Bonchev–Trinajstić information content (AvgIpc) is 2.79. The average molecular weight is 436 g/mol. The van der Waals surface area contributed by atoms with E-state index in [0.29, 0.717) is 22.5 Å². The summed E-state index contributed by atoms with van der Waals surface area (Å²) in [6.07, 6.45) is -0.551. The molecule has 0 spiro atoms. The first-order chi connectivity index (χ1) is 15.5. The van der Waals surface area contributed by atoms with Gasteiger partial charge >= 0.3 is 6.09 Å². The lowest BCUT2D eigenvalue weighted by Crippen LogP contribution is -2.26. The maximum atomic E-state index is 12.4.